The predicted molar refractivity (Wildman–Crippen MR) is 49.2 cm³/mol. The van der Waals surface area contributed by atoms with E-state index in [1.165, 1.54) is 4.70 Å². The summed E-state index contributed by atoms with van der Waals surface area (Å²) in [6.45, 7) is 0. The summed E-state index contributed by atoms with van der Waals surface area (Å²) in [5.74, 6) is 0. The second-order valence-corrected chi connectivity index (χ2v) is 4.11. The van der Waals surface area contributed by atoms with Crippen molar-refractivity contribution in [1.29, 1.82) is 0 Å². The standard InChI is InChI=1S/C7H6N2S2/c1-10-7-9-5-4-8-3-2-6(5)11-7/h2-4H,1H3. The minimum atomic E-state index is 1.00. The maximum Gasteiger partial charge on any atom is 0.150 e. The molecule has 2 nitrogen and oxygen atoms in total. The van der Waals surface area contributed by atoms with Crippen LogP contribution in [0.5, 0.6) is 0 Å². The SMILES string of the molecule is CSc1nc2cnccc2s1. The molecule has 0 unspecified atom stereocenters. The summed E-state index contributed by atoms with van der Waals surface area (Å²) >= 11 is 3.38. The van der Waals surface area contributed by atoms with Crippen LogP contribution < -0.4 is 0 Å². The average molecular weight is 182 g/mol. The van der Waals surface area contributed by atoms with E-state index < -0.39 is 0 Å². The number of pyridine rings is 1. The Bertz CT molecular complexity index is 336. The fourth-order valence-corrected chi connectivity index (χ4v) is 2.30. The van der Waals surface area contributed by atoms with E-state index in [4.69, 9.17) is 0 Å². The summed E-state index contributed by atoms with van der Waals surface area (Å²) in [4.78, 5) is 8.35. The van der Waals surface area contributed by atoms with Crippen molar-refractivity contribution >= 4 is 33.3 Å². The molecule has 2 aromatic rings. The van der Waals surface area contributed by atoms with Crippen LogP contribution in [-0.2, 0) is 0 Å². The van der Waals surface area contributed by atoms with Gasteiger partial charge >= 0.3 is 0 Å². The van der Waals surface area contributed by atoms with Gasteiger partial charge in [-0.15, -0.1) is 11.3 Å². The van der Waals surface area contributed by atoms with E-state index in [1.54, 1.807) is 35.5 Å². The van der Waals surface area contributed by atoms with Crippen LogP contribution in [0.3, 0.4) is 0 Å². The Kier molecular flexibility index (Phi) is 1.79. The molecule has 0 atom stereocenters. The maximum atomic E-state index is 4.35. The number of hydrogen-bond acceptors (Lipinski definition) is 4. The van der Waals surface area contributed by atoms with Gasteiger partial charge in [-0.05, 0) is 12.3 Å². The minimum absolute atomic E-state index is 1.00. The second kappa shape index (κ2) is 2.79. The highest BCUT2D eigenvalue weighted by Gasteiger charge is 2.00. The fourth-order valence-electron chi connectivity index (χ4n) is 0.846. The Morgan fingerprint density at radius 1 is 1.55 bits per heavy atom. The number of nitrogens with zero attached hydrogens (tertiary/aromatic N) is 2. The number of fused-ring (bicyclic) bond motifs is 1. The largest absolute Gasteiger partial charge is 0.262 e. The Hall–Kier alpha value is -0.610. The van der Waals surface area contributed by atoms with Gasteiger partial charge in [0.15, 0.2) is 4.34 Å². The Balaban J connectivity index is 2.69. The fraction of sp³-hybridized carbons (Fsp3) is 0.143. The average Bonchev–Trinajstić information content (AvgIpc) is 2.46. The summed E-state index contributed by atoms with van der Waals surface area (Å²) < 4.78 is 2.32. The van der Waals surface area contributed by atoms with Gasteiger partial charge in [-0.25, -0.2) is 4.98 Å². The third kappa shape index (κ3) is 1.23. The van der Waals surface area contributed by atoms with E-state index in [2.05, 4.69) is 9.97 Å². The highest BCUT2D eigenvalue weighted by Crippen LogP contribution is 2.26. The van der Waals surface area contributed by atoms with Crippen LogP contribution >= 0.6 is 23.1 Å². The van der Waals surface area contributed by atoms with E-state index >= 15 is 0 Å². The third-order valence-corrected chi connectivity index (χ3v) is 3.37. The topological polar surface area (TPSA) is 25.8 Å². The Labute approximate surface area is 72.7 Å². The molecule has 0 radical (unpaired) electrons. The van der Waals surface area contributed by atoms with Crippen LogP contribution in [0.1, 0.15) is 0 Å². The zero-order valence-corrected chi connectivity index (χ0v) is 7.58. The van der Waals surface area contributed by atoms with Crippen LogP contribution in [0.2, 0.25) is 0 Å². The highest BCUT2D eigenvalue weighted by molar-refractivity contribution is 8.00. The molecule has 0 aromatic carbocycles. The highest BCUT2D eigenvalue weighted by atomic mass is 32.2. The van der Waals surface area contributed by atoms with Gasteiger partial charge in [-0.1, -0.05) is 11.8 Å². The van der Waals surface area contributed by atoms with Gasteiger partial charge in [0.05, 0.1) is 10.9 Å². The van der Waals surface area contributed by atoms with Crippen LogP contribution in [0, 0.1) is 0 Å². The maximum absolute atomic E-state index is 4.35. The molecule has 0 spiro atoms. The van der Waals surface area contributed by atoms with E-state index in [9.17, 15) is 0 Å². The van der Waals surface area contributed by atoms with Gasteiger partial charge in [-0.3, -0.25) is 4.98 Å². The van der Waals surface area contributed by atoms with E-state index in [0.29, 0.717) is 0 Å². The molecule has 2 aromatic heterocycles. The molecule has 2 rings (SSSR count). The smallest absolute Gasteiger partial charge is 0.150 e. The lowest BCUT2D eigenvalue weighted by Crippen LogP contribution is -1.69. The van der Waals surface area contributed by atoms with Gasteiger partial charge in [-0.2, -0.15) is 0 Å². The second-order valence-electron chi connectivity index (χ2n) is 2.03. The molecule has 2 heterocycles. The molecule has 0 N–H and O–H groups in total. The van der Waals surface area contributed by atoms with Gasteiger partial charge in [0.2, 0.25) is 0 Å². The van der Waals surface area contributed by atoms with Gasteiger partial charge in [0.1, 0.15) is 5.52 Å². The van der Waals surface area contributed by atoms with Gasteiger partial charge in [0.25, 0.3) is 0 Å². The first-order valence-corrected chi connectivity index (χ1v) is 5.19. The molecule has 0 amide bonds. The quantitative estimate of drug-likeness (QED) is 0.633. The summed E-state index contributed by atoms with van der Waals surface area (Å²) in [7, 11) is 0. The molecule has 0 aliphatic carbocycles. The number of aromatic nitrogens is 2. The van der Waals surface area contributed by atoms with Crippen molar-refractivity contribution in [2.45, 2.75) is 4.34 Å². The van der Waals surface area contributed by atoms with Crippen molar-refractivity contribution < 1.29 is 0 Å². The van der Waals surface area contributed by atoms with Gasteiger partial charge in [0, 0.05) is 6.20 Å². The van der Waals surface area contributed by atoms with Gasteiger partial charge < -0.3 is 0 Å². The van der Waals surface area contributed by atoms with E-state index in [-0.39, 0.29) is 0 Å². The summed E-state index contributed by atoms with van der Waals surface area (Å²) in [5.41, 5.74) is 1.00. The molecule has 0 bridgehead atoms. The van der Waals surface area contributed by atoms with E-state index in [0.717, 1.165) is 9.86 Å². The lowest BCUT2D eigenvalue weighted by atomic mass is 10.5. The van der Waals surface area contributed by atoms with Crippen molar-refractivity contribution in [3.05, 3.63) is 18.5 Å². The number of hydrogen-bond donors (Lipinski definition) is 0. The van der Waals surface area contributed by atoms with Crippen molar-refractivity contribution in [2.75, 3.05) is 6.26 Å². The molecule has 0 fully saturated rings. The summed E-state index contributed by atoms with van der Waals surface area (Å²) in [6.07, 6.45) is 5.63. The third-order valence-electron chi connectivity index (χ3n) is 1.34. The lowest BCUT2D eigenvalue weighted by Gasteiger charge is -1.80. The van der Waals surface area contributed by atoms with Crippen LogP contribution in [0.4, 0.5) is 0 Å². The molecular weight excluding hydrogens is 176 g/mol. The minimum Gasteiger partial charge on any atom is -0.262 e. The Morgan fingerprint density at radius 2 is 2.45 bits per heavy atom. The summed E-state index contributed by atoms with van der Waals surface area (Å²) in [5, 5.41) is 0. The van der Waals surface area contributed by atoms with Crippen molar-refractivity contribution in [3.63, 3.8) is 0 Å². The van der Waals surface area contributed by atoms with Crippen molar-refractivity contribution in [2.24, 2.45) is 0 Å². The van der Waals surface area contributed by atoms with Crippen molar-refractivity contribution in [3.8, 4) is 0 Å². The molecule has 0 saturated heterocycles. The molecular formula is C7H6N2S2. The normalized spacial score (nSPS) is 10.6. The van der Waals surface area contributed by atoms with Crippen LogP contribution in [-0.4, -0.2) is 16.2 Å². The Morgan fingerprint density at radius 3 is 3.18 bits per heavy atom. The number of thiazole rings is 1. The first-order valence-electron chi connectivity index (χ1n) is 3.14. The molecule has 56 valence electrons. The first kappa shape index (κ1) is 7.06. The number of thioether (sulfide) groups is 1. The zero-order chi connectivity index (χ0) is 7.68. The molecule has 4 heteroatoms. The monoisotopic (exact) mass is 182 g/mol. The zero-order valence-electron chi connectivity index (χ0n) is 5.94. The molecule has 0 aliphatic heterocycles. The number of rotatable bonds is 1. The lowest BCUT2D eigenvalue weighted by molar-refractivity contribution is 1.27. The van der Waals surface area contributed by atoms with Crippen LogP contribution in [0.25, 0.3) is 10.2 Å². The molecule has 0 aliphatic rings. The van der Waals surface area contributed by atoms with Crippen molar-refractivity contribution in [1.82, 2.24) is 9.97 Å². The summed E-state index contributed by atoms with van der Waals surface area (Å²) in [6, 6.07) is 1.99. The predicted octanol–water partition coefficient (Wildman–Crippen LogP) is 2.41. The molecule has 11 heavy (non-hydrogen) atoms. The van der Waals surface area contributed by atoms with E-state index in [1.807, 2.05) is 12.3 Å². The molecule has 0 saturated carbocycles. The first-order chi connectivity index (χ1) is 5.40. The van der Waals surface area contributed by atoms with Crippen LogP contribution in [0.15, 0.2) is 22.8 Å².